The Balaban J connectivity index is 2.24. The maximum absolute atomic E-state index is 9.43. The Morgan fingerprint density at radius 1 is 1.10 bits per heavy atom. The van der Waals surface area contributed by atoms with Crippen LogP contribution in [0.5, 0.6) is 0 Å². The number of aliphatic hydroxyl groups is 1. The van der Waals surface area contributed by atoms with Crippen LogP contribution in [0.1, 0.15) is 35.7 Å². The van der Waals surface area contributed by atoms with Gasteiger partial charge in [-0.05, 0) is 50.1 Å². The lowest BCUT2D eigenvalue weighted by Gasteiger charge is -2.15. The number of hydrogen-bond donors (Lipinski definition) is 1. The van der Waals surface area contributed by atoms with Crippen molar-refractivity contribution in [1.82, 2.24) is 4.57 Å². The molecule has 1 heterocycles. The van der Waals surface area contributed by atoms with Gasteiger partial charge in [0.2, 0.25) is 0 Å². The lowest BCUT2D eigenvalue weighted by atomic mass is 9.95. The number of aryl methyl sites for hydroxylation is 2. The molecule has 0 spiro atoms. The van der Waals surface area contributed by atoms with Gasteiger partial charge in [-0.2, -0.15) is 5.26 Å². The Bertz CT molecular complexity index is 585. The molecule has 104 valence electrons. The summed E-state index contributed by atoms with van der Waals surface area (Å²) in [5, 5.41) is 18.1. The quantitative estimate of drug-likeness (QED) is 0.902. The lowest BCUT2D eigenvalue weighted by molar-refractivity contribution is 0.260. The minimum Gasteiger partial charge on any atom is -0.396 e. The maximum Gasteiger partial charge on any atom is 0.0621 e. The highest BCUT2D eigenvalue weighted by molar-refractivity contribution is 5.40. The molecule has 2 rings (SSSR count). The molecule has 3 nitrogen and oxygen atoms in total. The van der Waals surface area contributed by atoms with Crippen molar-refractivity contribution in [3.05, 3.63) is 53.3 Å². The van der Waals surface area contributed by atoms with Crippen LogP contribution in [-0.2, 0) is 0 Å². The lowest BCUT2D eigenvalue weighted by Crippen LogP contribution is -2.05. The first-order valence-electron chi connectivity index (χ1n) is 6.90. The molecule has 1 aromatic heterocycles. The molecule has 1 atom stereocenters. The fraction of sp³-hybridized carbons (Fsp3) is 0.353. The normalized spacial score (nSPS) is 12.1. The summed E-state index contributed by atoms with van der Waals surface area (Å²) < 4.78 is 2.20. The third kappa shape index (κ3) is 2.92. The number of aliphatic hydroxyl groups excluding tert-OH is 1. The van der Waals surface area contributed by atoms with Gasteiger partial charge in [-0.1, -0.05) is 12.1 Å². The van der Waals surface area contributed by atoms with E-state index in [0.717, 1.165) is 11.3 Å². The molecular weight excluding hydrogens is 248 g/mol. The molecule has 20 heavy (non-hydrogen) atoms. The second-order valence-corrected chi connectivity index (χ2v) is 5.12. The maximum atomic E-state index is 9.43. The van der Waals surface area contributed by atoms with Crippen LogP contribution >= 0.6 is 0 Å². The van der Waals surface area contributed by atoms with Crippen molar-refractivity contribution in [3.63, 3.8) is 0 Å². The van der Waals surface area contributed by atoms with E-state index in [1.807, 2.05) is 12.1 Å². The second kappa shape index (κ2) is 6.40. The van der Waals surface area contributed by atoms with Gasteiger partial charge in [-0.3, -0.25) is 0 Å². The van der Waals surface area contributed by atoms with Crippen LogP contribution < -0.4 is 0 Å². The molecule has 3 heteroatoms. The van der Waals surface area contributed by atoms with Crippen LogP contribution in [0.15, 0.2) is 36.4 Å². The van der Waals surface area contributed by atoms with E-state index in [1.165, 1.54) is 11.4 Å². The minimum absolute atomic E-state index is 0.0514. The molecule has 0 saturated heterocycles. The molecule has 1 aromatic carbocycles. The smallest absolute Gasteiger partial charge is 0.0621 e. The van der Waals surface area contributed by atoms with Crippen molar-refractivity contribution in [2.75, 3.05) is 6.61 Å². The van der Waals surface area contributed by atoms with E-state index in [-0.39, 0.29) is 12.5 Å². The van der Waals surface area contributed by atoms with Crippen molar-refractivity contribution in [1.29, 1.82) is 5.26 Å². The molecular formula is C17H20N2O. The van der Waals surface area contributed by atoms with Gasteiger partial charge in [0.25, 0.3) is 0 Å². The van der Waals surface area contributed by atoms with Gasteiger partial charge in [-0.15, -0.1) is 0 Å². The first-order valence-corrected chi connectivity index (χ1v) is 6.90. The predicted molar refractivity (Wildman–Crippen MR) is 79.9 cm³/mol. The van der Waals surface area contributed by atoms with Gasteiger partial charge >= 0.3 is 0 Å². The number of rotatable bonds is 5. The van der Waals surface area contributed by atoms with Gasteiger partial charge in [0.15, 0.2) is 0 Å². The van der Waals surface area contributed by atoms with E-state index in [9.17, 15) is 5.11 Å². The van der Waals surface area contributed by atoms with Crippen LogP contribution in [0.25, 0.3) is 5.69 Å². The molecule has 0 aliphatic heterocycles. The van der Waals surface area contributed by atoms with Crippen LogP contribution in [0.3, 0.4) is 0 Å². The number of benzene rings is 1. The number of nitriles is 1. The molecule has 1 N–H and O–H groups in total. The number of hydrogen-bond acceptors (Lipinski definition) is 2. The van der Waals surface area contributed by atoms with Crippen LogP contribution in [0.2, 0.25) is 0 Å². The van der Waals surface area contributed by atoms with Crippen molar-refractivity contribution < 1.29 is 5.11 Å². The topological polar surface area (TPSA) is 49.0 Å². The monoisotopic (exact) mass is 268 g/mol. The van der Waals surface area contributed by atoms with E-state index in [1.54, 1.807) is 0 Å². The molecule has 0 unspecified atom stereocenters. The second-order valence-electron chi connectivity index (χ2n) is 5.12. The fourth-order valence-corrected chi connectivity index (χ4v) is 2.57. The number of aromatic nitrogens is 1. The summed E-state index contributed by atoms with van der Waals surface area (Å²) in [5.41, 5.74) is 4.64. The van der Waals surface area contributed by atoms with Crippen molar-refractivity contribution in [3.8, 4) is 11.8 Å². The zero-order chi connectivity index (χ0) is 14.5. The van der Waals surface area contributed by atoms with Gasteiger partial charge in [0.05, 0.1) is 6.07 Å². The Hall–Kier alpha value is -2.05. The van der Waals surface area contributed by atoms with Gasteiger partial charge < -0.3 is 9.67 Å². The standard InChI is InChI=1S/C17H20N2O/c1-13-5-6-14(2)19(13)17-9-7-15(8-10-17)16(12-20)4-3-11-18/h5-10,16,20H,3-4,12H2,1-2H3/t16-/m0/s1. The fourth-order valence-electron chi connectivity index (χ4n) is 2.57. The molecule has 0 fully saturated rings. The summed E-state index contributed by atoms with van der Waals surface area (Å²) in [4.78, 5) is 0. The van der Waals surface area contributed by atoms with E-state index in [0.29, 0.717) is 12.8 Å². The Kier molecular flexibility index (Phi) is 4.60. The Labute approximate surface area is 120 Å². The zero-order valence-electron chi connectivity index (χ0n) is 12.0. The highest BCUT2D eigenvalue weighted by Crippen LogP contribution is 2.23. The summed E-state index contributed by atoms with van der Waals surface area (Å²) in [6, 6.07) is 14.6. The molecule has 0 amide bonds. The summed E-state index contributed by atoms with van der Waals surface area (Å²) in [6.45, 7) is 4.26. The van der Waals surface area contributed by atoms with Crippen LogP contribution in [0.4, 0.5) is 0 Å². The molecule has 0 aliphatic carbocycles. The van der Waals surface area contributed by atoms with E-state index in [4.69, 9.17) is 5.26 Å². The van der Waals surface area contributed by atoms with E-state index < -0.39 is 0 Å². The molecule has 2 aromatic rings. The molecule has 0 radical (unpaired) electrons. The Morgan fingerprint density at radius 3 is 2.20 bits per heavy atom. The van der Waals surface area contributed by atoms with Gasteiger partial charge in [-0.25, -0.2) is 0 Å². The highest BCUT2D eigenvalue weighted by atomic mass is 16.3. The van der Waals surface area contributed by atoms with Crippen LogP contribution in [0, 0.1) is 25.2 Å². The SMILES string of the molecule is Cc1ccc(C)n1-c1ccc([C@H](CO)CCC#N)cc1. The summed E-state index contributed by atoms with van der Waals surface area (Å²) in [7, 11) is 0. The summed E-state index contributed by atoms with van der Waals surface area (Å²) in [5.74, 6) is 0.0514. The minimum atomic E-state index is 0.0514. The average molecular weight is 268 g/mol. The van der Waals surface area contributed by atoms with E-state index >= 15 is 0 Å². The third-order valence-electron chi connectivity index (χ3n) is 3.72. The summed E-state index contributed by atoms with van der Waals surface area (Å²) >= 11 is 0. The van der Waals surface area contributed by atoms with Crippen molar-refractivity contribution in [2.24, 2.45) is 0 Å². The first kappa shape index (κ1) is 14.4. The third-order valence-corrected chi connectivity index (χ3v) is 3.72. The van der Waals surface area contributed by atoms with E-state index in [2.05, 4.69) is 48.7 Å². The largest absolute Gasteiger partial charge is 0.396 e. The molecule has 0 aliphatic rings. The average Bonchev–Trinajstić information content (AvgIpc) is 2.80. The zero-order valence-corrected chi connectivity index (χ0v) is 12.0. The predicted octanol–water partition coefficient (Wildman–Crippen LogP) is 3.47. The van der Waals surface area contributed by atoms with Gasteiger partial charge in [0.1, 0.15) is 0 Å². The first-order chi connectivity index (χ1) is 9.67. The molecule has 0 bridgehead atoms. The Morgan fingerprint density at radius 2 is 1.70 bits per heavy atom. The van der Waals surface area contributed by atoms with Gasteiger partial charge in [0, 0.05) is 36.0 Å². The highest BCUT2D eigenvalue weighted by Gasteiger charge is 2.11. The number of nitrogens with zero attached hydrogens (tertiary/aromatic N) is 2. The van der Waals surface area contributed by atoms with Crippen molar-refractivity contribution in [2.45, 2.75) is 32.6 Å². The summed E-state index contributed by atoms with van der Waals surface area (Å²) in [6.07, 6.45) is 1.18. The van der Waals surface area contributed by atoms with Crippen molar-refractivity contribution >= 4 is 0 Å². The van der Waals surface area contributed by atoms with Crippen LogP contribution in [-0.4, -0.2) is 16.3 Å². The molecule has 0 saturated carbocycles.